The molecule has 10 atom stereocenters. The molecule has 19 nitrogen and oxygen atoms in total. The van der Waals surface area contributed by atoms with Crippen LogP contribution in [-0.4, -0.2) is 115 Å². The Kier molecular flexibility index (Phi) is 13.1. The molecule has 2 saturated heterocycles. The summed E-state index contributed by atoms with van der Waals surface area (Å²) in [5, 5.41) is 14.1. The first-order valence-corrected chi connectivity index (χ1v) is 12.8. The van der Waals surface area contributed by atoms with E-state index in [-0.39, 0.29) is 0 Å². The van der Waals surface area contributed by atoms with Crippen LogP contribution >= 0.6 is 0 Å². The van der Waals surface area contributed by atoms with E-state index in [9.17, 15) is 33.9 Å². The van der Waals surface area contributed by atoms with Gasteiger partial charge in [-0.15, -0.1) is 0 Å². The van der Waals surface area contributed by atoms with Crippen molar-refractivity contribution in [1.29, 1.82) is 0 Å². The molecule has 0 aromatic rings. The highest BCUT2D eigenvalue weighted by molar-refractivity contribution is 5.69. The second-order valence-electron chi connectivity index (χ2n) is 9.31. The molecule has 0 spiro atoms. The molecule has 0 aliphatic carbocycles. The number of hydrogen-bond acceptors (Lipinski definition) is 17. The van der Waals surface area contributed by atoms with Gasteiger partial charge >= 0.3 is 35.8 Å². The third kappa shape index (κ3) is 10.3. The molecule has 2 aliphatic rings. The zero-order chi connectivity index (χ0) is 32.4. The predicted molar refractivity (Wildman–Crippen MR) is 133 cm³/mol. The number of nitrogens with zero attached hydrogens (tertiary/aromatic N) is 3. The van der Waals surface area contributed by atoms with Crippen LogP contribution in [0.2, 0.25) is 0 Å². The number of esters is 6. The summed E-state index contributed by atoms with van der Waals surface area (Å²) in [6, 6.07) is -1.64. The van der Waals surface area contributed by atoms with Crippen molar-refractivity contribution >= 4 is 35.8 Å². The minimum Gasteiger partial charge on any atom is -0.463 e. The molecule has 0 aromatic carbocycles. The summed E-state index contributed by atoms with van der Waals surface area (Å²) in [7, 11) is 0. The molecule has 0 amide bonds. The number of ether oxygens (including phenoxy) is 9. The van der Waals surface area contributed by atoms with Gasteiger partial charge in [0.25, 0.3) is 0 Å². The van der Waals surface area contributed by atoms with Gasteiger partial charge in [-0.2, -0.15) is 0 Å². The van der Waals surface area contributed by atoms with Gasteiger partial charge in [0, 0.05) is 46.5 Å². The predicted octanol–water partition coefficient (Wildman–Crippen LogP) is -0.654. The van der Waals surface area contributed by atoms with E-state index in [0.717, 1.165) is 41.5 Å². The summed E-state index contributed by atoms with van der Waals surface area (Å²) in [6.07, 6.45) is -14.5. The van der Waals surface area contributed by atoms with Crippen LogP contribution in [-0.2, 0) is 71.4 Å². The molecule has 0 unspecified atom stereocenters. The first-order chi connectivity index (χ1) is 20.1. The standard InChI is InChI=1S/C24H33N3O16/c1-9(28)35-7-15-18(37-11(3)30)20(17(26-27-25)23(34)41-15)43-24-22(40-14(6)33)21(39-13(5)32)19(38-12(4)31)16(42-24)8-36-10(2)29/h15-24,34H,7-8H2,1-6H3/t15-,16-,17-,18+,19+,20-,21+,22-,23+,24+/m1/s1. The van der Waals surface area contributed by atoms with Crippen molar-refractivity contribution in [2.24, 2.45) is 5.11 Å². The van der Waals surface area contributed by atoms with Gasteiger partial charge in [-0.05, 0) is 5.53 Å². The van der Waals surface area contributed by atoms with Crippen LogP contribution in [0, 0.1) is 0 Å². The quantitative estimate of drug-likeness (QED) is 0.0990. The maximum Gasteiger partial charge on any atom is 0.303 e. The van der Waals surface area contributed by atoms with Gasteiger partial charge in [-0.3, -0.25) is 28.8 Å². The van der Waals surface area contributed by atoms with Crippen LogP contribution in [0.3, 0.4) is 0 Å². The normalized spacial score (nSPS) is 31.8. The second kappa shape index (κ2) is 16.0. The van der Waals surface area contributed by atoms with Crippen molar-refractivity contribution in [3.8, 4) is 0 Å². The van der Waals surface area contributed by atoms with Gasteiger partial charge in [0.1, 0.15) is 37.6 Å². The first-order valence-electron chi connectivity index (χ1n) is 12.8. The van der Waals surface area contributed by atoms with E-state index in [1.54, 1.807) is 0 Å². The lowest BCUT2D eigenvalue weighted by Gasteiger charge is -2.48. The van der Waals surface area contributed by atoms with E-state index in [4.69, 9.17) is 48.2 Å². The van der Waals surface area contributed by atoms with E-state index < -0.39 is 110 Å². The van der Waals surface area contributed by atoms with Crippen LogP contribution in [0.4, 0.5) is 0 Å². The zero-order valence-electron chi connectivity index (χ0n) is 24.1. The first kappa shape index (κ1) is 35.2. The Bertz CT molecular complexity index is 1110. The molecular weight excluding hydrogens is 586 g/mol. The van der Waals surface area contributed by atoms with Gasteiger partial charge in [0.2, 0.25) is 0 Å². The second-order valence-corrected chi connectivity index (χ2v) is 9.31. The fraction of sp³-hybridized carbons (Fsp3) is 0.750. The Labute approximate surface area is 244 Å². The molecule has 0 aromatic heterocycles. The molecular formula is C24H33N3O16. The molecule has 2 fully saturated rings. The molecule has 19 heteroatoms. The highest BCUT2D eigenvalue weighted by atomic mass is 16.8. The van der Waals surface area contributed by atoms with Gasteiger partial charge in [0.15, 0.2) is 37.0 Å². The third-order valence-corrected chi connectivity index (χ3v) is 5.81. The summed E-state index contributed by atoms with van der Waals surface area (Å²) < 4.78 is 48.6. The smallest absolute Gasteiger partial charge is 0.303 e. The third-order valence-electron chi connectivity index (χ3n) is 5.81. The van der Waals surface area contributed by atoms with Gasteiger partial charge < -0.3 is 47.7 Å². The average molecular weight is 620 g/mol. The Morgan fingerprint density at radius 3 is 1.51 bits per heavy atom. The van der Waals surface area contributed by atoms with Crippen molar-refractivity contribution in [2.75, 3.05) is 13.2 Å². The number of rotatable bonds is 11. The number of aliphatic hydroxyl groups excluding tert-OH is 1. The van der Waals surface area contributed by atoms with Crippen LogP contribution in [0.15, 0.2) is 5.11 Å². The van der Waals surface area contributed by atoms with Crippen LogP contribution in [0.5, 0.6) is 0 Å². The van der Waals surface area contributed by atoms with Crippen molar-refractivity contribution in [3.63, 3.8) is 0 Å². The molecule has 2 aliphatic heterocycles. The van der Waals surface area contributed by atoms with Gasteiger partial charge in [-0.1, -0.05) is 5.11 Å². The Balaban J connectivity index is 2.65. The summed E-state index contributed by atoms with van der Waals surface area (Å²) in [5.74, 6) is -5.07. The number of azide groups is 1. The number of carbonyl (C=O) groups is 6. The molecule has 0 saturated carbocycles. The number of hydrogen-bond donors (Lipinski definition) is 1. The number of aliphatic hydroxyl groups is 1. The SMILES string of the molecule is CC(=O)OC[C@H]1O[C@@H](O[C@@H]2[C@@H](N=[N+]=[N-])[C@@H](O)O[C@H](COC(C)=O)[C@@H]2OC(C)=O)[C@H](OC(C)=O)[C@@H](OC(C)=O)[C@H]1OC(C)=O. The van der Waals surface area contributed by atoms with Crippen molar-refractivity contribution in [3.05, 3.63) is 10.4 Å². The van der Waals surface area contributed by atoms with Crippen molar-refractivity contribution in [2.45, 2.75) is 103 Å². The Morgan fingerprint density at radius 2 is 1.07 bits per heavy atom. The lowest BCUT2D eigenvalue weighted by atomic mass is 9.95. The largest absolute Gasteiger partial charge is 0.463 e. The Morgan fingerprint density at radius 1 is 0.651 bits per heavy atom. The monoisotopic (exact) mass is 619 g/mol. The lowest BCUT2D eigenvalue weighted by molar-refractivity contribution is -0.342. The van der Waals surface area contributed by atoms with Crippen molar-refractivity contribution in [1.82, 2.24) is 0 Å². The maximum absolute atomic E-state index is 12.1. The maximum atomic E-state index is 12.1. The van der Waals surface area contributed by atoms with Crippen molar-refractivity contribution < 1.29 is 76.5 Å². The fourth-order valence-corrected chi connectivity index (χ4v) is 4.37. The molecule has 240 valence electrons. The van der Waals surface area contributed by atoms with Gasteiger partial charge in [0.05, 0.1) is 0 Å². The van der Waals surface area contributed by atoms with E-state index in [0.29, 0.717) is 0 Å². The molecule has 0 bridgehead atoms. The van der Waals surface area contributed by atoms with Crippen LogP contribution in [0.25, 0.3) is 10.4 Å². The highest BCUT2D eigenvalue weighted by Gasteiger charge is 2.56. The molecule has 2 rings (SSSR count). The van der Waals surface area contributed by atoms with E-state index >= 15 is 0 Å². The summed E-state index contributed by atoms with van der Waals surface area (Å²) in [5.41, 5.74) is 9.17. The van der Waals surface area contributed by atoms with Crippen LogP contribution < -0.4 is 0 Å². The average Bonchev–Trinajstić information content (AvgIpc) is 2.87. The summed E-state index contributed by atoms with van der Waals surface area (Å²) in [6.45, 7) is 5.15. The molecule has 0 radical (unpaired) electrons. The zero-order valence-corrected chi connectivity index (χ0v) is 24.1. The Hall–Kier alpha value is -4.03. The summed E-state index contributed by atoms with van der Waals surface area (Å²) in [4.78, 5) is 73.9. The topological polar surface area (TPSA) is 254 Å². The highest BCUT2D eigenvalue weighted by Crippen LogP contribution is 2.35. The minimum absolute atomic E-state index is 0.550. The lowest BCUT2D eigenvalue weighted by Crippen LogP contribution is -2.66. The van der Waals surface area contributed by atoms with Gasteiger partial charge in [-0.25, -0.2) is 0 Å². The van der Waals surface area contributed by atoms with E-state index in [1.165, 1.54) is 0 Å². The number of carbonyl (C=O) groups excluding carboxylic acids is 6. The molecule has 2 heterocycles. The molecule has 1 N–H and O–H groups in total. The van der Waals surface area contributed by atoms with Crippen LogP contribution in [0.1, 0.15) is 41.5 Å². The minimum atomic E-state index is -1.90. The summed E-state index contributed by atoms with van der Waals surface area (Å²) >= 11 is 0. The fourth-order valence-electron chi connectivity index (χ4n) is 4.37. The van der Waals surface area contributed by atoms with E-state index in [2.05, 4.69) is 10.0 Å². The molecule has 43 heavy (non-hydrogen) atoms. The van der Waals surface area contributed by atoms with E-state index in [1.807, 2.05) is 0 Å².